The van der Waals surface area contributed by atoms with Crippen LogP contribution in [0.2, 0.25) is 34.8 Å². The minimum Gasteiger partial charge on any atom is -0.434 e. The molecule has 0 aliphatic carbocycles. The number of nitrogens with one attached hydrogen (secondary N) is 2. The molecule has 1 aromatic carbocycles. The molecule has 2 saturated heterocycles. The van der Waals surface area contributed by atoms with E-state index in [4.69, 9.17) is 36.8 Å². The van der Waals surface area contributed by atoms with Crippen LogP contribution in [-0.2, 0) is 47.8 Å². The maximum atomic E-state index is 14.8. The van der Waals surface area contributed by atoms with Crippen LogP contribution in [0, 0.1) is 10.1 Å². The first-order valence-electron chi connectivity index (χ1n) is 24.8. The molecule has 5 rings (SSSR count). The molecule has 4 unspecified atom stereocenters. The first-order chi connectivity index (χ1) is 33.5. The number of carbonyl (C=O) groups is 1. The molecule has 72 heavy (non-hydrogen) atoms. The number of ether oxygens (including phenoxy) is 4. The van der Waals surface area contributed by atoms with Gasteiger partial charge in [-0.2, -0.15) is 0 Å². The number of benzene rings is 1. The van der Waals surface area contributed by atoms with Crippen molar-refractivity contribution in [2.45, 2.75) is 192 Å². The van der Waals surface area contributed by atoms with Gasteiger partial charge in [-0.3, -0.25) is 47.9 Å². The van der Waals surface area contributed by atoms with E-state index in [2.05, 4.69) is 9.97 Å². The minimum absolute atomic E-state index is 0.0181. The van der Waals surface area contributed by atoms with E-state index in [1.54, 1.807) is 13.0 Å². The first-order valence-corrected chi connectivity index (χ1v) is 31.8. The largest absolute Gasteiger partial charge is 0.508 e. The van der Waals surface area contributed by atoms with Gasteiger partial charge in [-0.1, -0.05) is 102 Å². The molecule has 0 saturated carbocycles. The lowest BCUT2D eigenvalue weighted by molar-refractivity contribution is -0.385. The van der Waals surface area contributed by atoms with Crippen LogP contribution >= 0.6 is 7.60 Å². The molecule has 0 amide bonds. The molecule has 2 aromatic heterocycles. The summed E-state index contributed by atoms with van der Waals surface area (Å²) < 4.78 is 68.8. The summed E-state index contributed by atoms with van der Waals surface area (Å²) in [6, 6.07) is 7.31. The number of hydrogen-bond acceptors (Lipinski definition) is 16. The maximum absolute atomic E-state index is 14.8. The van der Waals surface area contributed by atoms with Gasteiger partial charge in [0.25, 0.3) is 16.8 Å². The average molecular weight is 1070 g/mol. The van der Waals surface area contributed by atoms with Crippen LogP contribution in [0.15, 0.2) is 61.9 Å². The first kappa shape index (κ1) is 58.6. The second-order valence-corrected chi connectivity index (χ2v) is 33.6. The van der Waals surface area contributed by atoms with Crippen molar-refractivity contribution in [3.63, 3.8) is 0 Å². The van der Waals surface area contributed by atoms with Crippen molar-refractivity contribution >= 4 is 36.1 Å². The number of carbonyl (C=O) groups excluding carboxylic acids is 1. The number of rotatable bonds is 22. The second-order valence-electron chi connectivity index (χ2n) is 21.4. The van der Waals surface area contributed by atoms with Gasteiger partial charge < -0.3 is 32.3 Å². The van der Waals surface area contributed by atoms with Gasteiger partial charge in [0.2, 0.25) is 8.32 Å². The Hall–Kier alpha value is -4.33. The standard InChI is InChI=1S/C48H76N5O16PSi2/c1-16-18-32-19-20-33(34(25-32)53(59)60)31(9)26-62-47(58)66-39-36(65-43(51-23-21-37(54)49-45(51)56)41(39)69-72(28(3)4,29(5)6)30(7)8)27-63-70(13,61)67-40-35(17-2)64-44(52-24-22-38(55)50-46(52)57)42(40)68-71(14,15)48(10,11)12/h19-25,28-31,35-36,39-44H,16-18,26-27H2,1-15H3,(H,49,54,56)(H,50,55,57)/t31?,35-,36-,39?,40?,41+,42+,43-,44-,70?/m1/s1. The molecule has 10 atom stereocenters. The molecule has 402 valence electrons. The van der Waals surface area contributed by atoms with Crippen molar-refractivity contribution in [3.05, 3.63) is 106 Å². The van der Waals surface area contributed by atoms with Crippen LogP contribution in [0.25, 0.3) is 0 Å². The van der Waals surface area contributed by atoms with Crippen molar-refractivity contribution < 1.29 is 51.1 Å². The SMILES string of the molecule is CCCc1ccc(C(C)COC(=O)OC2[C@@H](COP(C)(=O)OC3[C@@H](CC)O[C@@H](n4ccc(=O)[nH]c4=O)[C@H]3O[Si](C)(C)C(C)(C)C)O[C@@H](n3ccc(=O)[nH]c3=O)[C@H]2O[Si](C(C)C)(C(C)C)C(C)C)c([N+](=O)[O-])c1. The number of nitro groups is 1. The highest BCUT2D eigenvalue weighted by Crippen LogP contribution is 2.53. The number of aromatic amines is 2. The normalized spacial score (nSPS) is 24.2. The summed E-state index contributed by atoms with van der Waals surface area (Å²) in [6.45, 7) is 28.3. The highest BCUT2D eigenvalue weighted by atomic mass is 31.2. The smallest absolute Gasteiger partial charge is 0.434 e. The topological polar surface area (TPSA) is 261 Å². The van der Waals surface area contributed by atoms with Crippen LogP contribution in [0.3, 0.4) is 0 Å². The molecule has 0 bridgehead atoms. The Kier molecular flexibility index (Phi) is 19.1. The van der Waals surface area contributed by atoms with Gasteiger partial charge in [-0.15, -0.1) is 0 Å². The third-order valence-corrected chi connectivity index (χ3v) is 26.2. The summed E-state index contributed by atoms with van der Waals surface area (Å²) in [5, 5.41) is 11.8. The number of H-pyrrole nitrogens is 2. The van der Waals surface area contributed by atoms with Crippen molar-refractivity contribution in [3.8, 4) is 0 Å². The molecule has 0 radical (unpaired) electrons. The Morgan fingerprint density at radius 2 is 1.35 bits per heavy atom. The van der Waals surface area contributed by atoms with Gasteiger partial charge in [0.1, 0.15) is 31.0 Å². The van der Waals surface area contributed by atoms with E-state index in [1.165, 1.54) is 35.8 Å². The predicted octanol–water partition coefficient (Wildman–Crippen LogP) is 8.65. The van der Waals surface area contributed by atoms with E-state index in [9.17, 15) is 38.7 Å². The van der Waals surface area contributed by atoms with Gasteiger partial charge in [-0.05, 0) is 53.2 Å². The molecular formula is C48H76N5O16PSi2. The van der Waals surface area contributed by atoms with E-state index in [0.29, 0.717) is 18.4 Å². The Morgan fingerprint density at radius 1 is 0.819 bits per heavy atom. The summed E-state index contributed by atoms with van der Waals surface area (Å²) in [7, 11) is -9.88. The lowest BCUT2D eigenvalue weighted by Gasteiger charge is -2.45. The zero-order valence-corrected chi connectivity index (χ0v) is 47.2. The van der Waals surface area contributed by atoms with Crippen LogP contribution in [0.5, 0.6) is 0 Å². The van der Waals surface area contributed by atoms with E-state index in [0.717, 1.165) is 22.6 Å². The monoisotopic (exact) mass is 1070 g/mol. The number of aryl methyl sites for hydroxylation is 1. The predicted molar refractivity (Wildman–Crippen MR) is 275 cm³/mol. The zero-order valence-electron chi connectivity index (χ0n) is 44.3. The number of aromatic nitrogens is 4. The molecule has 2 aliphatic heterocycles. The van der Waals surface area contributed by atoms with E-state index < -0.39 is 119 Å². The highest BCUT2D eigenvalue weighted by molar-refractivity contribution is 7.53. The van der Waals surface area contributed by atoms with Crippen molar-refractivity contribution in [1.29, 1.82) is 0 Å². The van der Waals surface area contributed by atoms with Gasteiger partial charge >= 0.3 is 25.1 Å². The Labute approximate surface area is 422 Å². The van der Waals surface area contributed by atoms with Crippen LogP contribution in [0.1, 0.15) is 125 Å². The minimum atomic E-state index is -4.23. The summed E-state index contributed by atoms with van der Waals surface area (Å²) in [6.07, 6.45) is -6.12. The number of hydrogen-bond donors (Lipinski definition) is 2. The molecule has 3 aromatic rings. The molecule has 24 heteroatoms. The van der Waals surface area contributed by atoms with Gasteiger partial charge in [0.15, 0.2) is 26.9 Å². The van der Waals surface area contributed by atoms with E-state index in [1.807, 2.05) is 95.3 Å². The molecule has 2 N–H and O–H groups in total. The number of nitrogens with zero attached hydrogens (tertiary/aromatic N) is 3. The fourth-order valence-electron chi connectivity index (χ4n) is 9.76. The fraction of sp³-hybridized carbons (Fsp3) is 0.688. The van der Waals surface area contributed by atoms with Crippen LogP contribution < -0.4 is 22.5 Å². The van der Waals surface area contributed by atoms with Crippen molar-refractivity contribution in [1.82, 2.24) is 19.1 Å². The molecule has 2 aliphatic rings. The summed E-state index contributed by atoms with van der Waals surface area (Å²) in [4.78, 5) is 81.5. The quantitative estimate of drug-likeness (QED) is 0.0313. The fourth-order valence-corrected chi connectivity index (χ4v) is 17.8. The second kappa shape index (κ2) is 23.5. The average Bonchev–Trinajstić information content (AvgIpc) is 3.77. The van der Waals surface area contributed by atoms with Gasteiger partial charge in [0, 0.05) is 48.7 Å². The van der Waals surface area contributed by atoms with Crippen molar-refractivity contribution in [2.75, 3.05) is 19.9 Å². The zero-order chi connectivity index (χ0) is 53.8. The lowest BCUT2D eigenvalue weighted by atomic mass is 9.97. The molecule has 4 heterocycles. The summed E-state index contributed by atoms with van der Waals surface area (Å²) in [5.74, 6) is -0.642. The van der Waals surface area contributed by atoms with E-state index >= 15 is 0 Å². The Morgan fingerprint density at radius 3 is 1.82 bits per heavy atom. The molecule has 21 nitrogen and oxygen atoms in total. The molecular weight excluding hydrogens is 990 g/mol. The van der Waals surface area contributed by atoms with Crippen molar-refractivity contribution in [2.24, 2.45) is 0 Å². The summed E-state index contributed by atoms with van der Waals surface area (Å²) >= 11 is 0. The molecule has 2 fully saturated rings. The molecule has 0 spiro atoms. The lowest BCUT2D eigenvalue weighted by Crippen LogP contribution is -2.54. The highest BCUT2D eigenvalue weighted by Gasteiger charge is 2.57. The Bertz CT molecular complexity index is 2640. The third kappa shape index (κ3) is 13.1. The van der Waals surface area contributed by atoms with E-state index in [-0.39, 0.29) is 34.0 Å². The van der Waals surface area contributed by atoms with Crippen LogP contribution in [0.4, 0.5) is 10.5 Å². The maximum Gasteiger partial charge on any atom is 0.508 e. The Balaban J connectivity index is 1.54. The van der Waals surface area contributed by atoms with Crippen LogP contribution in [-0.4, -0.2) is 103 Å². The van der Waals surface area contributed by atoms with Gasteiger partial charge in [-0.25, -0.2) is 14.4 Å². The summed E-state index contributed by atoms with van der Waals surface area (Å²) in [5.41, 5.74) is -1.85. The third-order valence-electron chi connectivity index (χ3n) is 14.3. The van der Waals surface area contributed by atoms with Gasteiger partial charge in [0.05, 0.1) is 17.6 Å². The number of nitro benzene ring substituents is 1.